The standard InChI is InChI=1S/C8H6BrClFNO/c9-4-1-2-5(11)8(12)7(4)6(13)3-10/h1-2H,3,12H2. The minimum absolute atomic E-state index is 0.106. The lowest BCUT2D eigenvalue weighted by molar-refractivity contribution is 0.102. The van der Waals surface area contributed by atoms with Crippen LogP contribution in [0.5, 0.6) is 0 Å². The molecule has 0 aromatic heterocycles. The highest BCUT2D eigenvalue weighted by molar-refractivity contribution is 9.10. The molecule has 0 fully saturated rings. The van der Waals surface area contributed by atoms with Gasteiger partial charge in [-0.3, -0.25) is 4.79 Å². The van der Waals surface area contributed by atoms with Crippen molar-refractivity contribution in [3.63, 3.8) is 0 Å². The van der Waals surface area contributed by atoms with Crippen LogP contribution in [0.1, 0.15) is 10.4 Å². The lowest BCUT2D eigenvalue weighted by atomic mass is 10.1. The number of Topliss-reactive ketones (excluding diaryl/α,β-unsaturated/α-hetero) is 1. The molecule has 13 heavy (non-hydrogen) atoms. The first kappa shape index (κ1) is 10.5. The van der Waals surface area contributed by atoms with Crippen molar-refractivity contribution in [3.8, 4) is 0 Å². The van der Waals surface area contributed by atoms with Crippen molar-refractivity contribution in [1.82, 2.24) is 0 Å². The maximum absolute atomic E-state index is 12.9. The summed E-state index contributed by atoms with van der Waals surface area (Å²) < 4.78 is 13.4. The number of hydrogen-bond donors (Lipinski definition) is 1. The fourth-order valence-electron chi connectivity index (χ4n) is 0.918. The molecule has 1 aromatic carbocycles. The van der Waals surface area contributed by atoms with Crippen molar-refractivity contribution >= 4 is 39.0 Å². The summed E-state index contributed by atoms with van der Waals surface area (Å²) in [5.74, 6) is -1.23. The van der Waals surface area contributed by atoms with Gasteiger partial charge >= 0.3 is 0 Å². The molecule has 0 atom stereocenters. The molecule has 0 heterocycles. The molecule has 2 N–H and O–H groups in total. The van der Waals surface area contributed by atoms with E-state index in [9.17, 15) is 9.18 Å². The fourth-order valence-corrected chi connectivity index (χ4v) is 1.62. The third kappa shape index (κ3) is 2.00. The maximum atomic E-state index is 12.9. The predicted octanol–water partition coefficient (Wildman–Crippen LogP) is 2.59. The number of rotatable bonds is 2. The Balaban J connectivity index is 3.33. The fraction of sp³-hybridized carbons (Fsp3) is 0.125. The molecule has 2 nitrogen and oxygen atoms in total. The molecule has 5 heteroatoms. The second kappa shape index (κ2) is 4.07. The summed E-state index contributed by atoms with van der Waals surface area (Å²) in [5, 5.41) is 0. The first-order valence-electron chi connectivity index (χ1n) is 3.40. The van der Waals surface area contributed by atoms with Crippen molar-refractivity contribution in [1.29, 1.82) is 0 Å². The van der Waals surface area contributed by atoms with Crippen LogP contribution in [0.15, 0.2) is 16.6 Å². The Morgan fingerprint density at radius 3 is 2.77 bits per heavy atom. The third-order valence-electron chi connectivity index (χ3n) is 1.54. The Labute approximate surface area is 88.0 Å². The summed E-state index contributed by atoms with van der Waals surface area (Å²) >= 11 is 8.43. The van der Waals surface area contributed by atoms with Gasteiger partial charge in [0.15, 0.2) is 5.78 Å². The Kier molecular flexibility index (Phi) is 3.27. The zero-order chi connectivity index (χ0) is 10.0. The summed E-state index contributed by atoms with van der Waals surface area (Å²) in [6.07, 6.45) is 0. The van der Waals surface area contributed by atoms with Crippen molar-refractivity contribution in [3.05, 3.63) is 28.0 Å². The Hall–Kier alpha value is -0.610. The molecule has 0 saturated carbocycles. The number of alkyl halides is 1. The third-order valence-corrected chi connectivity index (χ3v) is 2.45. The van der Waals surface area contributed by atoms with Crippen molar-refractivity contribution in [2.75, 3.05) is 11.6 Å². The smallest absolute Gasteiger partial charge is 0.180 e. The van der Waals surface area contributed by atoms with Gasteiger partial charge in [-0.05, 0) is 28.1 Å². The average molecular weight is 266 g/mol. The van der Waals surface area contributed by atoms with Crippen LogP contribution < -0.4 is 5.73 Å². The molecule has 0 radical (unpaired) electrons. The summed E-state index contributed by atoms with van der Waals surface area (Å²) in [6.45, 7) is 0. The van der Waals surface area contributed by atoms with Gasteiger partial charge in [0, 0.05) is 4.47 Å². The van der Waals surface area contributed by atoms with E-state index >= 15 is 0 Å². The predicted molar refractivity (Wildman–Crippen MR) is 53.6 cm³/mol. The molecular weight excluding hydrogens is 260 g/mol. The zero-order valence-corrected chi connectivity index (χ0v) is 8.82. The second-order valence-corrected chi connectivity index (χ2v) is 3.50. The minimum atomic E-state index is -0.614. The highest BCUT2D eigenvalue weighted by Gasteiger charge is 2.15. The largest absolute Gasteiger partial charge is 0.396 e. The zero-order valence-electron chi connectivity index (χ0n) is 6.48. The topological polar surface area (TPSA) is 43.1 Å². The van der Waals surface area contributed by atoms with Gasteiger partial charge in [-0.2, -0.15) is 0 Å². The maximum Gasteiger partial charge on any atom is 0.180 e. The lowest BCUT2D eigenvalue weighted by Crippen LogP contribution is -2.07. The van der Waals surface area contributed by atoms with Gasteiger partial charge in [0.25, 0.3) is 0 Å². The van der Waals surface area contributed by atoms with E-state index in [0.717, 1.165) is 0 Å². The molecule has 0 aliphatic heterocycles. The van der Waals surface area contributed by atoms with E-state index in [-0.39, 0.29) is 17.1 Å². The van der Waals surface area contributed by atoms with Crippen LogP contribution in [0.25, 0.3) is 0 Å². The van der Waals surface area contributed by atoms with Gasteiger partial charge in [-0.15, -0.1) is 11.6 Å². The second-order valence-electron chi connectivity index (χ2n) is 2.37. The van der Waals surface area contributed by atoms with E-state index in [2.05, 4.69) is 15.9 Å². The molecule has 1 rings (SSSR count). The first-order valence-corrected chi connectivity index (χ1v) is 4.73. The molecule has 0 unspecified atom stereocenters. The molecule has 0 amide bonds. The number of nitrogens with two attached hydrogens (primary N) is 1. The molecule has 70 valence electrons. The quantitative estimate of drug-likeness (QED) is 0.508. The van der Waals surface area contributed by atoms with E-state index in [1.807, 2.05) is 0 Å². The number of halogens is 3. The van der Waals surface area contributed by atoms with E-state index < -0.39 is 11.6 Å². The average Bonchev–Trinajstić information content (AvgIpc) is 2.12. The summed E-state index contributed by atoms with van der Waals surface area (Å²) in [5.41, 5.74) is 5.32. The molecule has 1 aromatic rings. The summed E-state index contributed by atoms with van der Waals surface area (Å²) in [4.78, 5) is 11.2. The Morgan fingerprint density at radius 2 is 2.23 bits per heavy atom. The van der Waals surface area contributed by atoms with Crippen LogP contribution in [0, 0.1) is 5.82 Å². The van der Waals surface area contributed by atoms with Gasteiger partial charge < -0.3 is 5.73 Å². The molecule has 0 aliphatic rings. The van der Waals surface area contributed by atoms with Crippen molar-refractivity contribution in [2.24, 2.45) is 0 Å². The van der Waals surface area contributed by atoms with Gasteiger partial charge in [0.1, 0.15) is 5.82 Å². The number of carbonyl (C=O) groups excluding carboxylic acids is 1. The number of ketones is 1. The number of carbonyl (C=O) groups is 1. The molecular formula is C8H6BrClFNO. The van der Waals surface area contributed by atoms with E-state index in [1.165, 1.54) is 12.1 Å². The summed E-state index contributed by atoms with van der Waals surface area (Å²) in [7, 11) is 0. The molecule has 0 spiro atoms. The SMILES string of the molecule is Nc1c(F)ccc(Br)c1C(=O)CCl. The van der Waals surface area contributed by atoms with E-state index in [4.69, 9.17) is 17.3 Å². The monoisotopic (exact) mass is 265 g/mol. The minimum Gasteiger partial charge on any atom is -0.396 e. The number of nitrogen functional groups attached to an aromatic ring is 1. The first-order chi connectivity index (χ1) is 6.07. The van der Waals surface area contributed by atoms with Gasteiger partial charge in [0.05, 0.1) is 17.1 Å². The van der Waals surface area contributed by atoms with Crippen molar-refractivity contribution in [2.45, 2.75) is 0 Å². The summed E-state index contributed by atoms with van der Waals surface area (Å²) in [6, 6.07) is 2.61. The van der Waals surface area contributed by atoms with Gasteiger partial charge in [-0.25, -0.2) is 4.39 Å². The van der Waals surface area contributed by atoms with E-state index in [1.54, 1.807) is 0 Å². The Morgan fingerprint density at radius 1 is 1.62 bits per heavy atom. The molecule has 0 aliphatic carbocycles. The van der Waals surface area contributed by atoms with E-state index in [0.29, 0.717) is 4.47 Å². The van der Waals surface area contributed by atoms with Crippen LogP contribution in [0.4, 0.5) is 10.1 Å². The van der Waals surface area contributed by atoms with Crippen LogP contribution in [0.3, 0.4) is 0 Å². The van der Waals surface area contributed by atoms with Crippen LogP contribution in [-0.2, 0) is 0 Å². The number of benzene rings is 1. The highest BCUT2D eigenvalue weighted by atomic mass is 79.9. The van der Waals surface area contributed by atoms with Gasteiger partial charge in [-0.1, -0.05) is 0 Å². The highest BCUT2D eigenvalue weighted by Crippen LogP contribution is 2.25. The van der Waals surface area contributed by atoms with Crippen molar-refractivity contribution < 1.29 is 9.18 Å². The number of hydrogen-bond acceptors (Lipinski definition) is 2. The lowest BCUT2D eigenvalue weighted by Gasteiger charge is -2.05. The molecule has 0 saturated heterocycles. The van der Waals surface area contributed by atoms with Crippen LogP contribution in [0.2, 0.25) is 0 Å². The number of anilines is 1. The van der Waals surface area contributed by atoms with Gasteiger partial charge in [0.2, 0.25) is 0 Å². The van der Waals surface area contributed by atoms with Crippen LogP contribution >= 0.6 is 27.5 Å². The molecule has 0 bridgehead atoms. The normalized spacial score (nSPS) is 10.1. The van der Waals surface area contributed by atoms with Crippen LogP contribution in [-0.4, -0.2) is 11.7 Å². The Bertz CT molecular complexity index is 356.